The predicted octanol–water partition coefficient (Wildman–Crippen LogP) is 3.40. The van der Waals surface area contributed by atoms with Gasteiger partial charge in [-0.2, -0.15) is 0 Å². The molecule has 0 fully saturated rings. The zero-order valence-corrected chi connectivity index (χ0v) is 12.2. The molecule has 0 saturated heterocycles. The zero-order chi connectivity index (χ0) is 15.1. The summed E-state index contributed by atoms with van der Waals surface area (Å²) in [6, 6.07) is 9.11. The number of methoxy groups -OCH3 is 1. The highest BCUT2D eigenvalue weighted by Crippen LogP contribution is 2.29. The number of ether oxygens (including phenoxy) is 2. The van der Waals surface area contributed by atoms with Crippen molar-refractivity contribution in [3.05, 3.63) is 53.9 Å². The van der Waals surface area contributed by atoms with Gasteiger partial charge in [-0.05, 0) is 35.4 Å². The Hall–Kier alpha value is -2.33. The lowest BCUT2D eigenvalue weighted by molar-refractivity contribution is -0.131. The molecule has 0 saturated carbocycles. The second-order valence-corrected chi connectivity index (χ2v) is 4.40. The topological polar surface area (TPSA) is 48.4 Å². The monoisotopic (exact) mass is 303 g/mol. The van der Waals surface area contributed by atoms with Gasteiger partial charge in [0.2, 0.25) is 0 Å². The molecule has 5 heteroatoms. The highest BCUT2D eigenvalue weighted by Gasteiger charge is 2.09. The van der Waals surface area contributed by atoms with Gasteiger partial charge in [0.05, 0.1) is 7.11 Å². The quantitative estimate of drug-likeness (QED) is 0.482. The maximum absolute atomic E-state index is 11.2. The molecule has 0 aliphatic rings. The number of carbonyl (C=O) groups is 1. The van der Waals surface area contributed by atoms with Crippen LogP contribution in [0, 0.1) is 0 Å². The number of halogens is 1. The van der Waals surface area contributed by atoms with E-state index in [0.29, 0.717) is 11.5 Å². The third-order valence-corrected chi connectivity index (χ3v) is 2.91. The first-order chi connectivity index (χ1) is 10.2. The van der Waals surface area contributed by atoms with E-state index in [1.165, 1.54) is 7.11 Å². The molecule has 1 aromatic heterocycles. The third-order valence-electron chi connectivity index (χ3n) is 2.69. The van der Waals surface area contributed by atoms with E-state index < -0.39 is 5.97 Å². The molecule has 0 radical (unpaired) electrons. The molecule has 0 N–H and O–H groups in total. The number of aromatic nitrogens is 1. The first-order valence-electron chi connectivity index (χ1n) is 6.25. The average molecular weight is 304 g/mol. The number of alkyl halides is 1. The number of pyridine rings is 1. The molecule has 0 amide bonds. The van der Waals surface area contributed by atoms with Gasteiger partial charge >= 0.3 is 5.97 Å². The highest BCUT2D eigenvalue weighted by molar-refractivity contribution is 6.26. The minimum Gasteiger partial charge on any atom is -0.493 e. The van der Waals surface area contributed by atoms with E-state index in [2.05, 4.69) is 4.98 Å². The van der Waals surface area contributed by atoms with Crippen LogP contribution in [-0.2, 0) is 4.79 Å². The number of carbonyl (C=O) groups excluding carboxylic acids is 1. The average Bonchev–Trinajstić information content (AvgIpc) is 2.54. The summed E-state index contributed by atoms with van der Waals surface area (Å²) in [6.45, 7) is 0. The van der Waals surface area contributed by atoms with Crippen LogP contribution in [0.1, 0.15) is 11.1 Å². The summed E-state index contributed by atoms with van der Waals surface area (Å²) in [5.41, 5.74) is 1.97. The Morgan fingerprint density at radius 2 is 1.86 bits per heavy atom. The molecule has 108 valence electrons. The van der Waals surface area contributed by atoms with Crippen LogP contribution < -0.4 is 9.47 Å². The van der Waals surface area contributed by atoms with Crippen molar-refractivity contribution in [2.45, 2.75) is 0 Å². The van der Waals surface area contributed by atoms with E-state index in [-0.39, 0.29) is 5.88 Å². The highest BCUT2D eigenvalue weighted by atomic mass is 35.5. The molecule has 21 heavy (non-hydrogen) atoms. The second kappa shape index (κ2) is 7.45. The van der Waals surface area contributed by atoms with E-state index in [1.54, 1.807) is 24.5 Å². The Kier molecular flexibility index (Phi) is 5.35. The standard InChI is InChI=1S/C16H14ClNO3/c1-20-15-10-13(3-2-12-6-8-18-9-7-12)4-5-14(15)21-16(19)11-17/h2-10H,11H2,1H3/b3-2+. The van der Waals surface area contributed by atoms with E-state index in [1.807, 2.05) is 30.4 Å². The van der Waals surface area contributed by atoms with Gasteiger partial charge in [-0.25, -0.2) is 0 Å². The van der Waals surface area contributed by atoms with Crippen LogP contribution in [0.15, 0.2) is 42.7 Å². The Balaban J connectivity index is 2.19. The van der Waals surface area contributed by atoms with Gasteiger partial charge in [0.1, 0.15) is 5.88 Å². The molecule has 1 heterocycles. The molecular weight excluding hydrogens is 290 g/mol. The van der Waals surface area contributed by atoms with Crippen LogP contribution in [0.25, 0.3) is 12.2 Å². The summed E-state index contributed by atoms with van der Waals surface area (Å²) in [4.78, 5) is 15.2. The molecule has 0 spiro atoms. The van der Waals surface area contributed by atoms with Gasteiger partial charge < -0.3 is 9.47 Å². The van der Waals surface area contributed by atoms with Crippen LogP contribution in [0.3, 0.4) is 0 Å². The normalized spacial score (nSPS) is 10.6. The van der Waals surface area contributed by atoms with Crippen molar-refractivity contribution >= 4 is 29.7 Å². The van der Waals surface area contributed by atoms with E-state index in [4.69, 9.17) is 21.1 Å². The van der Waals surface area contributed by atoms with Crippen molar-refractivity contribution in [3.63, 3.8) is 0 Å². The molecule has 0 bridgehead atoms. The molecule has 0 atom stereocenters. The van der Waals surface area contributed by atoms with Crippen molar-refractivity contribution in [1.82, 2.24) is 4.98 Å². The van der Waals surface area contributed by atoms with Crippen LogP contribution in [-0.4, -0.2) is 23.9 Å². The zero-order valence-electron chi connectivity index (χ0n) is 11.5. The molecule has 0 aliphatic heterocycles. The maximum atomic E-state index is 11.2. The summed E-state index contributed by atoms with van der Waals surface area (Å²) < 4.78 is 10.3. The Morgan fingerprint density at radius 1 is 1.14 bits per heavy atom. The van der Waals surface area contributed by atoms with Gasteiger partial charge in [-0.15, -0.1) is 11.6 Å². The summed E-state index contributed by atoms with van der Waals surface area (Å²) in [5.74, 6) is 0.108. The molecule has 2 rings (SSSR count). The van der Waals surface area contributed by atoms with Crippen LogP contribution in [0.5, 0.6) is 11.5 Å². The molecule has 4 nitrogen and oxygen atoms in total. The minimum atomic E-state index is -0.518. The number of benzene rings is 1. The van der Waals surface area contributed by atoms with Crippen molar-refractivity contribution in [2.24, 2.45) is 0 Å². The number of rotatable bonds is 5. The fraction of sp³-hybridized carbons (Fsp3) is 0.125. The number of esters is 1. The number of hydrogen-bond acceptors (Lipinski definition) is 4. The molecule has 0 aliphatic carbocycles. The second-order valence-electron chi connectivity index (χ2n) is 4.13. The Labute approximate surface area is 128 Å². The third kappa shape index (κ3) is 4.33. The summed E-state index contributed by atoms with van der Waals surface area (Å²) >= 11 is 5.41. The van der Waals surface area contributed by atoms with Gasteiger partial charge in [-0.3, -0.25) is 9.78 Å². The first kappa shape index (κ1) is 15.1. The van der Waals surface area contributed by atoms with Crippen molar-refractivity contribution < 1.29 is 14.3 Å². The fourth-order valence-corrected chi connectivity index (χ4v) is 1.74. The van der Waals surface area contributed by atoms with Crippen LogP contribution >= 0.6 is 11.6 Å². The molecule has 0 unspecified atom stereocenters. The molecule has 2 aromatic rings. The SMILES string of the molecule is COc1cc(/C=C/c2ccncc2)ccc1OC(=O)CCl. The predicted molar refractivity (Wildman–Crippen MR) is 82.5 cm³/mol. The van der Waals surface area contributed by atoms with Crippen molar-refractivity contribution in [1.29, 1.82) is 0 Å². The van der Waals surface area contributed by atoms with Gasteiger partial charge in [0.15, 0.2) is 11.5 Å². The lowest BCUT2D eigenvalue weighted by Gasteiger charge is -2.08. The molecular formula is C16H14ClNO3. The van der Waals surface area contributed by atoms with E-state index in [0.717, 1.165) is 11.1 Å². The van der Waals surface area contributed by atoms with E-state index >= 15 is 0 Å². The maximum Gasteiger partial charge on any atom is 0.326 e. The van der Waals surface area contributed by atoms with Crippen LogP contribution in [0.4, 0.5) is 0 Å². The van der Waals surface area contributed by atoms with Crippen molar-refractivity contribution in [3.8, 4) is 11.5 Å². The minimum absolute atomic E-state index is 0.202. The lowest BCUT2D eigenvalue weighted by atomic mass is 10.1. The lowest BCUT2D eigenvalue weighted by Crippen LogP contribution is -2.09. The summed E-state index contributed by atoms with van der Waals surface area (Å²) in [6.07, 6.45) is 7.36. The Morgan fingerprint density at radius 3 is 2.52 bits per heavy atom. The molecule has 1 aromatic carbocycles. The fourth-order valence-electron chi connectivity index (χ4n) is 1.69. The van der Waals surface area contributed by atoms with Gasteiger partial charge in [-0.1, -0.05) is 18.2 Å². The van der Waals surface area contributed by atoms with Gasteiger partial charge in [0, 0.05) is 12.4 Å². The van der Waals surface area contributed by atoms with Gasteiger partial charge in [0.25, 0.3) is 0 Å². The summed E-state index contributed by atoms with van der Waals surface area (Å²) in [5, 5.41) is 0. The summed E-state index contributed by atoms with van der Waals surface area (Å²) in [7, 11) is 1.52. The van der Waals surface area contributed by atoms with Crippen molar-refractivity contribution in [2.75, 3.05) is 13.0 Å². The van der Waals surface area contributed by atoms with E-state index in [9.17, 15) is 4.79 Å². The number of hydrogen-bond donors (Lipinski definition) is 0. The smallest absolute Gasteiger partial charge is 0.326 e. The largest absolute Gasteiger partial charge is 0.493 e. The van der Waals surface area contributed by atoms with Crippen LogP contribution in [0.2, 0.25) is 0 Å². The first-order valence-corrected chi connectivity index (χ1v) is 6.79. The number of nitrogens with zero attached hydrogens (tertiary/aromatic N) is 1. The Bertz CT molecular complexity index is 641.